The van der Waals surface area contributed by atoms with Gasteiger partial charge in [0.25, 0.3) is 0 Å². The van der Waals surface area contributed by atoms with Crippen molar-refractivity contribution < 1.29 is 14.3 Å². The first-order chi connectivity index (χ1) is 14.5. The fraction of sp³-hybridized carbons (Fsp3) is 0.773. The van der Waals surface area contributed by atoms with Crippen molar-refractivity contribution in [1.29, 1.82) is 0 Å². The Morgan fingerprint density at radius 3 is 2.67 bits per heavy atom. The minimum atomic E-state index is -0.115. The molecule has 1 N–H and O–H groups in total. The highest BCUT2D eigenvalue weighted by Gasteiger charge is 2.51. The summed E-state index contributed by atoms with van der Waals surface area (Å²) in [7, 11) is 1.93. The van der Waals surface area contributed by atoms with Gasteiger partial charge in [-0.15, -0.1) is 0 Å². The summed E-state index contributed by atoms with van der Waals surface area (Å²) < 4.78 is 7.98. The number of ether oxygens (including phenoxy) is 1. The molecule has 166 valence electrons. The summed E-state index contributed by atoms with van der Waals surface area (Å²) in [5.74, 6) is 0.698. The van der Waals surface area contributed by atoms with Crippen LogP contribution in [0.4, 0.5) is 0 Å². The standard InChI is InChI=1S/C22H35N5O3/c1-4-26(5-2)21(29)11-19-22-15(10-20(28)23-16-6-7-16)12-27(18(22)14-30-19)13-17-8-9-25(3)24-17/h8-9,15-16,18-19,22H,4-7,10-14H2,1-3H3,(H,23,28)/t15-,18-,19+,22-/m1/s1. The van der Waals surface area contributed by atoms with Crippen molar-refractivity contribution in [1.82, 2.24) is 24.9 Å². The van der Waals surface area contributed by atoms with Gasteiger partial charge in [0.05, 0.1) is 24.8 Å². The Labute approximate surface area is 178 Å². The highest BCUT2D eigenvalue weighted by Crippen LogP contribution is 2.42. The molecule has 1 aliphatic carbocycles. The zero-order valence-corrected chi connectivity index (χ0v) is 18.4. The Morgan fingerprint density at radius 2 is 2.03 bits per heavy atom. The van der Waals surface area contributed by atoms with E-state index >= 15 is 0 Å². The monoisotopic (exact) mass is 417 g/mol. The molecule has 8 heteroatoms. The van der Waals surface area contributed by atoms with Crippen LogP contribution in [-0.2, 0) is 27.9 Å². The summed E-state index contributed by atoms with van der Waals surface area (Å²) in [4.78, 5) is 29.6. The maximum absolute atomic E-state index is 12.7. The molecular formula is C22H35N5O3. The van der Waals surface area contributed by atoms with Crippen molar-refractivity contribution in [2.45, 2.75) is 64.3 Å². The van der Waals surface area contributed by atoms with Gasteiger partial charge in [-0.2, -0.15) is 5.10 Å². The average molecular weight is 418 g/mol. The van der Waals surface area contributed by atoms with E-state index in [0.717, 1.165) is 44.7 Å². The van der Waals surface area contributed by atoms with Crippen LogP contribution in [0.5, 0.6) is 0 Å². The third kappa shape index (κ3) is 4.70. The molecule has 0 aromatic carbocycles. The lowest BCUT2D eigenvalue weighted by molar-refractivity contribution is -0.133. The quantitative estimate of drug-likeness (QED) is 0.652. The van der Waals surface area contributed by atoms with E-state index in [1.165, 1.54) is 0 Å². The van der Waals surface area contributed by atoms with E-state index in [0.29, 0.717) is 25.5 Å². The molecule has 0 radical (unpaired) electrons. The maximum Gasteiger partial charge on any atom is 0.225 e. The lowest BCUT2D eigenvalue weighted by Crippen LogP contribution is -2.37. The number of amides is 2. The molecule has 0 unspecified atom stereocenters. The Kier molecular flexibility index (Phi) is 6.43. The summed E-state index contributed by atoms with van der Waals surface area (Å²) in [6.45, 7) is 7.68. The van der Waals surface area contributed by atoms with Crippen LogP contribution >= 0.6 is 0 Å². The topological polar surface area (TPSA) is 79.7 Å². The molecular weight excluding hydrogens is 382 g/mol. The highest BCUT2D eigenvalue weighted by molar-refractivity contribution is 5.77. The number of rotatable bonds is 9. The van der Waals surface area contributed by atoms with Gasteiger partial charge in [0.2, 0.25) is 11.8 Å². The van der Waals surface area contributed by atoms with Gasteiger partial charge in [0, 0.05) is 63.8 Å². The van der Waals surface area contributed by atoms with E-state index in [4.69, 9.17) is 4.74 Å². The van der Waals surface area contributed by atoms with E-state index in [9.17, 15) is 9.59 Å². The maximum atomic E-state index is 12.7. The average Bonchev–Trinajstić information content (AvgIpc) is 3.12. The summed E-state index contributed by atoms with van der Waals surface area (Å²) in [5.41, 5.74) is 1.03. The molecule has 3 aliphatic rings. The van der Waals surface area contributed by atoms with Gasteiger partial charge in [-0.3, -0.25) is 19.2 Å². The van der Waals surface area contributed by atoms with Crippen LogP contribution in [-0.4, -0.2) is 75.8 Å². The van der Waals surface area contributed by atoms with E-state index in [-0.39, 0.29) is 35.8 Å². The van der Waals surface area contributed by atoms with Gasteiger partial charge >= 0.3 is 0 Å². The van der Waals surface area contributed by atoms with Crippen molar-refractivity contribution in [3.05, 3.63) is 18.0 Å². The molecule has 8 nitrogen and oxygen atoms in total. The van der Waals surface area contributed by atoms with E-state index < -0.39 is 0 Å². The van der Waals surface area contributed by atoms with Crippen molar-refractivity contribution >= 4 is 11.8 Å². The predicted octanol–water partition coefficient (Wildman–Crippen LogP) is 1.16. The van der Waals surface area contributed by atoms with Crippen LogP contribution in [0.15, 0.2) is 12.3 Å². The van der Waals surface area contributed by atoms with Crippen LogP contribution in [0.25, 0.3) is 0 Å². The third-order valence-corrected chi connectivity index (χ3v) is 6.85. The van der Waals surface area contributed by atoms with E-state index in [1.54, 1.807) is 0 Å². The summed E-state index contributed by atoms with van der Waals surface area (Å²) in [6, 6.07) is 2.65. The SMILES string of the molecule is CCN(CC)C(=O)C[C@@H]1OC[C@@H]2[C@H]1[C@H](CC(=O)NC1CC1)CN2Cc1ccn(C)n1. The number of fused-ring (bicyclic) bond motifs is 1. The third-order valence-electron chi connectivity index (χ3n) is 6.85. The number of carbonyl (C=O) groups is 2. The van der Waals surface area contributed by atoms with Crippen LogP contribution in [0.2, 0.25) is 0 Å². The zero-order valence-electron chi connectivity index (χ0n) is 18.4. The number of aromatic nitrogens is 2. The molecule has 4 atom stereocenters. The number of nitrogens with zero attached hydrogens (tertiary/aromatic N) is 4. The lowest BCUT2D eigenvalue weighted by Gasteiger charge is -2.26. The number of hydrogen-bond donors (Lipinski definition) is 1. The molecule has 0 bridgehead atoms. The number of nitrogens with one attached hydrogen (secondary N) is 1. The summed E-state index contributed by atoms with van der Waals surface area (Å²) >= 11 is 0. The molecule has 0 spiro atoms. The molecule has 3 fully saturated rings. The summed E-state index contributed by atoms with van der Waals surface area (Å²) in [6.07, 6.45) is 4.95. The number of hydrogen-bond acceptors (Lipinski definition) is 5. The van der Waals surface area contributed by atoms with Gasteiger partial charge in [-0.25, -0.2) is 0 Å². The lowest BCUT2D eigenvalue weighted by atomic mass is 9.84. The van der Waals surface area contributed by atoms with Gasteiger partial charge in [0.1, 0.15) is 0 Å². The van der Waals surface area contributed by atoms with E-state index in [1.807, 2.05) is 42.7 Å². The van der Waals surface area contributed by atoms with Crippen molar-refractivity contribution in [2.24, 2.45) is 18.9 Å². The molecule has 4 rings (SSSR count). The Hall–Kier alpha value is -1.93. The van der Waals surface area contributed by atoms with Gasteiger partial charge < -0.3 is 15.0 Å². The van der Waals surface area contributed by atoms with Crippen LogP contribution < -0.4 is 5.32 Å². The minimum absolute atomic E-state index is 0.115. The summed E-state index contributed by atoms with van der Waals surface area (Å²) in [5, 5.41) is 7.66. The predicted molar refractivity (Wildman–Crippen MR) is 112 cm³/mol. The Bertz CT molecular complexity index is 758. The van der Waals surface area contributed by atoms with Gasteiger partial charge in [0.15, 0.2) is 0 Å². The minimum Gasteiger partial charge on any atom is -0.376 e. The number of aryl methyl sites for hydroxylation is 1. The second kappa shape index (κ2) is 9.06. The molecule has 1 saturated carbocycles. The van der Waals surface area contributed by atoms with Crippen LogP contribution in [0, 0.1) is 11.8 Å². The molecule has 3 heterocycles. The van der Waals surface area contributed by atoms with Gasteiger partial charge in [-0.05, 0) is 38.7 Å². The molecule has 2 saturated heterocycles. The fourth-order valence-electron chi connectivity index (χ4n) is 5.18. The van der Waals surface area contributed by atoms with Crippen LogP contribution in [0.1, 0.15) is 45.2 Å². The van der Waals surface area contributed by atoms with E-state index in [2.05, 4.69) is 15.3 Å². The van der Waals surface area contributed by atoms with Crippen molar-refractivity contribution in [3.8, 4) is 0 Å². The second-order valence-electron chi connectivity index (χ2n) is 9.00. The van der Waals surface area contributed by atoms with Crippen molar-refractivity contribution in [3.63, 3.8) is 0 Å². The van der Waals surface area contributed by atoms with Crippen LogP contribution in [0.3, 0.4) is 0 Å². The zero-order chi connectivity index (χ0) is 21.3. The Balaban J connectivity index is 1.46. The largest absolute Gasteiger partial charge is 0.376 e. The second-order valence-corrected chi connectivity index (χ2v) is 9.00. The van der Waals surface area contributed by atoms with Crippen molar-refractivity contribution in [2.75, 3.05) is 26.2 Å². The molecule has 2 amide bonds. The fourth-order valence-corrected chi connectivity index (χ4v) is 5.18. The smallest absolute Gasteiger partial charge is 0.225 e. The molecule has 1 aromatic rings. The number of likely N-dealkylation sites (tertiary alicyclic amines) is 1. The first kappa shape index (κ1) is 21.3. The normalized spacial score (nSPS) is 28.5. The molecule has 30 heavy (non-hydrogen) atoms. The first-order valence-corrected chi connectivity index (χ1v) is 11.4. The first-order valence-electron chi connectivity index (χ1n) is 11.4. The Morgan fingerprint density at radius 1 is 1.27 bits per heavy atom. The molecule has 2 aliphatic heterocycles. The van der Waals surface area contributed by atoms with Gasteiger partial charge in [-0.1, -0.05) is 0 Å². The highest BCUT2D eigenvalue weighted by atomic mass is 16.5. The molecule has 1 aromatic heterocycles. The number of carbonyl (C=O) groups excluding carboxylic acids is 2.